The third-order valence-corrected chi connectivity index (χ3v) is 2.24. The van der Waals surface area contributed by atoms with Crippen LogP contribution in [0.3, 0.4) is 0 Å². The summed E-state index contributed by atoms with van der Waals surface area (Å²) in [6, 6.07) is 0. The van der Waals surface area contributed by atoms with E-state index in [4.69, 9.17) is 20.1 Å². The molecule has 0 rings (SSSR count). The molecule has 0 amide bonds. The Morgan fingerprint density at radius 2 is 1.76 bits per heavy atom. The first kappa shape index (κ1) is 16.0. The zero-order valence-electron chi connectivity index (χ0n) is 9.41. The molecule has 7 nitrogen and oxygen atoms in total. The first-order valence-electron chi connectivity index (χ1n) is 4.97. The molecule has 0 spiro atoms. The van der Waals surface area contributed by atoms with Crippen molar-refractivity contribution in [2.45, 2.75) is 6.29 Å². The van der Waals surface area contributed by atoms with Crippen LogP contribution < -0.4 is 0 Å². The molecular weight excluding hydrogens is 232 g/mol. The van der Waals surface area contributed by atoms with Crippen LogP contribution in [0.5, 0.6) is 0 Å². The summed E-state index contributed by atoms with van der Waals surface area (Å²) in [5.41, 5.74) is -1.54. The summed E-state index contributed by atoms with van der Waals surface area (Å²) >= 11 is 0. The molecule has 1 unspecified atom stereocenters. The molecule has 0 aromatic heterocycles. The number of rotatable bonds is 9. The van der Waals surface area contributed by atoms with Crippen molar-refractivity contribution in [1.29, 1.82) is 0 Å². The third kappa shape index (κ3) is 4.80. The van der Waals surface area contributed by atoms with Gasteiger partial charge in [0.1, 0.15) is 6.61 Å². The van der Waals surface area contributed by atoms with E-state index >= 15 is 0 Å². The molecule has 0 radical (unpaired) electrons. The fourth-order valence-electron chi connectivity index (χ4n) is 0.922. The highest BCUT2D eigenvalue weighted by Gasteiger charge is 2.37. The van der Waals surface area contributed by atoms with Crippen molar-refractivity contribution >= 4 is 5.97 Å². The molecule has 0 bridgehead atoms. The predicted octanol–water partition coefficient (Wildman–Crippen LogP) is -1.99. The van der Waals surface area contributed by atoms with Gasteiger partial charge in [0.25, 0.3) is 0 Å². The van der Waals surface area contributed by atoms with E-state index < -0.39 is 37.5 Å². The lowest BCUT2D eigenvalue weighted by Crippen LogP contribution is -2.46. The molecule has 4 N–H and O–H groups in total. The van der Waals surface area contributed by atoms with Gasteiger partial charge in [-0.1, -0.05) is 6.58 Å². The van der Waals surface area contributed by atoms with Crippen molar-refractivity contribution in [3.8, 4) is 0 Å². The summed E-state index contributed by atoms with van der Waals surface area (Å²) < 4.78 is 9.41. The van der Waals surface area contributed by atoms with Gasteiger partial charge in [0.15, 0.2) is 6.29 Å². The molecule has 7 heteroatoms. The lowest BCUT2D eigenvalue weighted by Gasteiger charge is -2.32. The molecule has 0 aliphatic carbocycles. The zero-order valence-corrected chi connectivity index (χ0v) is 9.41. The summed E-state index contributed by atoms with van der Waals surface area (Å²) in [6.45, 7) is 1.01. The average molecular weight is 250 g/mol. The van der Waals surface area contributed by atoms with E-state index in [0.717, 1.165) is 6.08 Å². The number of ether oxygens (including phenoxy) is 2. The van der Waals surface area contributed by atoms with E-state index in [0.29, 0.717) is 0 Å². The normalized spacial score (nSPS) is 13.2. The van der Waals surface area contributed by atoms with E-state index in [1.807, 2.05) is 0 Å². The van der Waals surface area contributed by atoms with E-state index in [-0.39, 0.29) is 13.2 Å². The average Bonchev–Trinajstić information content (AvgIpc) is 2.37. The number of esters is 1. The molecule has 0 fully saturated rings. The SMILES string of the molecule is C=CC(=O)OCCOC(O)C(CO)(CO)CO. The number of aliphatic hydroxyl groups excluding tert-OH is 4. The Kier molecular flexibility index (Phi) is 7.68. The fraction of sp³-hybridized carbons (Fsp3) is 0.700. The maximum Gasteiger partial charge on any atom is 0.330 e. The van der Waals surface area contributed by atoms with Crippen molar-refractivity contribution in [3.05, 3.63) is 12.7 Å². The largest absolute Gasteiger partial charge is 0.460 e. The van der Waals surface area contributed by atoms with Crippen molar-refractivity contribution in [1.82, 2.24) is 0 Å². The van der Waals surface area contributed by atoms with Gasteiger partial charge >= 0.3 is 5.97 Å². The van der Waals surface area contributed by atoms with Gasteiger partial charge in [0.2, 0.25) is 0 Å². The molecule has 100 valence electrons. The minimum Gasteiger partial charge on any atom is -0.460 e. The Bertz CT molecular complexity index is 229. The van der Waals surface area contributed by atoms with Crippen LogP contribution in [0.2, 0.25) is 0 Å². The smallest absolute Gasteiger partial charge is 0.330 e. The topological polar surface area (TPSA) is 116 Å². The maximum absolute atomic E-state index is 10.6. The molecule has 0 aliphatic heterocycles. The van der Waals surface area contributed by atoms with Crippen LogP contribution in [0.15, 0.2) is 12.7 Å². The molecular formula is C10H18O7. The van der Waals surface area contributed by atoms with Gasteiger partial charge in [-0.25, -0.2) is 4.79 Å². The summed E-state index contributed by atoms with van der Waals surface area (Å²) in [6.07, 6.45) is -0.583. The highest BCUT2D eigenvalue weighted by Crippen LogP contribution is 2.21. The molecule has 0 saturated carbocycles. The fourth-order valence-corrected chi connectivity index (χ4v) is 0.922. The first-order valence-corrected chi connectivity index (χ1v) is 4.97. The summed E-state index contributed by atoms with van der Waals surface area (Å²) in [7, 11) is 0. The summed E-state index contributed by atoms with van der Waals surface area (Å²) in [4.78, 5) is 10.6. The van der Waals surface area contributed by atoms with Crippen LogP contribution in [0.4, 0.5) is 0 Å². The monoisotopic (exact) mass is 250 g/mol. The van der Waals surface area contributed by atoms with E-state index in [2.05, 4.69) is 11.3 Å². The van der Waals surface area contributed by atoms with Gasteiger partial charge < -0.3 is 29.9 Å². The van der Waals surface area contributed by atoms with Gasteiger partial charge in [-0.3, -0.25) is 0 Å². The van der Waals surface area contributed by atoms with Crippen LogP contribution in [0, 0.1) is 5.41 Å². The third-order valence-electron chi connectivity index (χ3n) is 2.24. The lowest BCUT2D eigenvalue weighted by molar-refractivity contribution is -0.215. The van der Waals surface area contributed by atoms with Crippen LogP contribution >= 0.6 is 0 Å². The summed E-state index contributed by atoms with van der Waals surface area (Å²) in [5.74, 6) is -0.624. The van der Waals surface area contributed by atoms with Crippen LogP contribution in [0.1, 0.15) is 0 Å². The Labute approximate surface area is 98.9 Å². The van der Waals surface area contributed by atoms with Gasteiger partial charge in [0.05, 0.1) is 31.8 Å². The second-order valence-electron chi connectivity index (χ2n) is 3.43. The molecule has 1 atom stereocenters. The molecule has 0 heterocycles. The Balaban J connectivity index is 4.02. The standard InChI is InChI=1S/C10H18O7/c1-2-8(14)16-3-4-17-9(15)10(5-11,6-12)7-13/h2,9,11-13,15H,1,3-7H2. The van der Waals surface area contributed by atoms with Crippen LogP contribution in [0.25, 0.3) is 0 Å². The first-order chi connectivity index (χ1) is 8.06. The maximum atomic E-state index is 10.6. The minimum absolute atomic E-state index is 0.111. The molecule has 0 aromatic rings. The highest BCUT2D eigenvalue weighted by atomic mass is 16.6. The molecule has 0 aliphatic rings. The zero-order chi connectivity index (χ0) is 13.3. The van der Waals surface area contributed by atoms with Crippen molar-refractivity contribution in [2.75, 3.05) is 33.0 Å². The van der Waals surface area contributed by atoms with Crippen molar-refractivity contribution < 1.29 is 34.7 Å². The molecule has 0 aromatic carbocycles. The lowest BCUT2D eigenvalue weighted by atomic mass is 9.90. The van der Waals surface area contributed by atoms with Gasteiger partial charge in [-0.2, -0.15) is 0 Å². The van der Waals surface area contributed by atoms with Gasteiger partial charge in [-0.15, -0.1) is 0 Å². The number of carbonyl (C=O) groups is 1. The van der Waals surface area contributed by atoms with E-state index in [1.54, 1.807) is 0 Å². The van der Waals surface area contributed by atoms with Gasteiger partial charge in [-0.05, 0) is 0 Å². The Morgan fingerprint density at radius 1 is 1.24 bits per heavy atom. The minimum atomic E-state index is -1.56. The predicted molar refractivity (Wildman–Crippen MR) is 56.8 cm³/mol. The number of hydrogen-bond donors (Lipinski definition) is 4. The van der Waals surface area contributed by atoms with E-state index in [9.17, 15) is 9.90 Å². The summed E-state index contributed by atoms with van der Waals surface area (Å²) in [5, 5.41) is 36.4. The van der Waals surface area contributed by atoms with Crippen LogP contribution in [-0.4, -0.2) is 65.7 Å². The van der Waals surface area contributed by atoms with Crippen molar-refractivity contribution in [3.63, 3.8) is 0 Å². The Hall–Kier alpha value is -0.990. The second kappa shape index (κ2) is 8.15. The number of carbonyl (C=O) groups excluding carboxylic acids is 1. The van der Waals surface area contributed by atoms with Gasteiger partial charge in [0, 0.05) is 6.08 Å². The van der Waals surface area contributed by atoms with Crippen LogP contribution in [-0.2, 0) is 14.3 Å². The quantitative estimate of drug-likeness (QED) is 0.162. The second-order valence-corrected chi connectivity index (χ2v) is 3.43. The molecule has 0 saturated heterocycles. The Morgan fingerprint density at radius 3 is 2.18 bits per heavy atom. The van der Waals surface area contributed by atoms with E-state index in [1.165, 1.54) is 0 Å². The highest BCUT2D eigenvalue weighted by molar-refractivity contribution is 5.81. The number of hydrogen-bond acceptors (Lipinski definition) is 7. The van der Waals surface area contributed by atoms with Crippen molar-refractivity contribution in [2.24, 2.45) is 5.41 Å². The molecule has 17 heavy (non-hydrogen) atoms. The number of aliphatic hydroxyl groups is 4.